The molecule has 0 fully saturated rings. The van der Waals surface area contributed by atoms with Gasteiger partial charge in [-0.15, -0.1) is 0 Å². The molecule has 0 amide bonds. The highest BCUT2D eigenvalue weighted by molar-refractivity contribution is 5.48. The number of benzene rings is 2. The molecule has 0 aliphatic rings. The smallest absolute Gasteiger partial charge is 0.121 e. The van der Waals surface area contributed by atoms with E-state index in [1.165, 1.54) is 5.56 Å². The molecule has 1 N–H and O–H groups in total. The standard InChI is InChI=1S/C22H31NO2/c1-17(2)12-13-24-22-7-5-6-20(14-22)23-15-19-8-10-21(11-9-19)25-16-18(3)4/h5-11,14,17-18,23H,12-13,15-16H2,1-4H3. The van der Waals surface area contributed by atoms with Crippen molar-refractivity contribution in [3.8, 4) is 11.5 Å². The fourth-order valence-corrected chi connectivity index (χ4v) is 2.28. The Labute approximate surface area is 152 Å². The molecular formula is C22H31NO2. The predicted molar refractivity (Wildman–Crippen MR) is 105 cm³/mol. The number of hydrogen-bond acceptors (Lipinski definition) is 3. The van der Waals surface area contributed by atoms with Crippen molar-refractivity contribution in [3.63, 3.8) is 0 Å². The topological polar surface area (TPSA) is 30.5 Å². The molecule has 0 bridgehead atoms. The van der Waals surface area contributed by atoms with E-state index in [2.05, 4.69) is 57.3 Å². The zero-order chi connectivity index (χ0) is 18.1. The Kier molecular flexibility index (Phi) is 7.65. The second-order valence-corrected chi connectivity index (χ2v) is 7.26. The molecule has 136 valence electrons. The Morgan fingerprint density at radius 3 is 2.28 bits per heavy atom. The molecule has 0 aromatic heterocycles. The minimum Gasteiger partial charge on any atom is -0.494 e. The SMILES string of the molecule is CC(C)CCOc1cccc(NCc2ccc(OCC(C)C)cc2)c1. The second kappa shape index (κ2) is 9.97. The summed E-state index contributed by atoms with van der Waals surface area (Å²) in [5, 5.41) is 3.45. The first kappa shape index (κ1) is 19.2. The van der Waals surface area contributed by atoms with Crippen molar-refractivity contribution >= 4 is 5.69 Å². The van der Waals surface area contributed by atoms with Gasteiger partial charge in [0.2, 0.25) is 0 Å². The van der Waals surface area contributed by atoms with Crippen molar-refractivity contribution in [2.45, 2.75) is 40.7 Å². The average molecular weight is 341 g/mol. The molecule has 25 heavy (non-hydrogen) atoms. The van der Waals surface area contributed by atoms with Crippen molar-refractivity contribution in [2.75, 3.05) is 18.5 Å². The summed E-state index contributed by atoms with van der Waals surface area (Å²) in [6, 6.07) is 16.4. The Morgan fingerprint density at radius 2 is 1.60 bits per heavy atom. The third-order valence-corrected chi connectivity index (χ3v) is 3.80. The second-order valence-electron chi connectivity index (χ2n) is 7.26. The van der Waals surface area contributed by atoms with Gasteiger partial charge in [-0.25, -0.2) is 0 Å². The van der Waals surface area contributed by atoms with Gasteiger partial charge in [-0.05, 0) is 48.1 Å². The number of anilines is 1. The summed E-state index contributed by atoms with van der Waals surface area (Å²) in [6.07, 6.45) is 1.07. The maximum atomic E-state index is 5.81. The largest absolute Gasteiger partial charge is 0.494 e. The molecule has 0 atom stereocenters. The van der Waals surface area contributed by atoms with Crippen LogP contribution < -0.4 is 14.8 Å². The van der Waals surface area contributed by atoms with Gasteiger partial charge in [0.15, 0.2) is 0 Å². The van der Waals surface area contributed by atoms with Crippen molar-refractivity contribution in [1.82, 2.24) is 0 Å². The molecule has 3 nitrogen and oxygen atoms in total. The zero-order valence-corrected chi connectivity index (χ0v) is 15.9. The Bertz CT molecular complexity index is 620. The maximum Gasteiger partial charge on any atom is 0.121 e. The molecule has 0 unspecified atom stereocenters. The van der Waals surface area contributed by atoms with Crippen molar-refractivity contribution < 1.29 is 9.47 Å². The highest BCUT2D eigenvalue weighted by Gasteiger charge is 2.01. The quantitative estimate of drug-likeness (QED) is 0.596. The van der Waals surface area contributed by atoms with Crippen molar-refractivity contribution in [1.29, 1.82) is 0 Å². The molecule has 2 aromatic rings. The molecule has 0 aliphatic carbocycles. The third kappa shape index (κ3) is 7.51. The monoisotopic (exact) mass is 341 g/mol. The van der Waals surface area contributed by atoms with Gasteiger partial charge in [0.05, 0.1) is 13.2 Å². The fourth-order valence-electron chi connectivity index (χ4n) is 2.28. The van der Waals surface area contributed by atoms with E-state index in [0.29, 0.717) is 11.8 Å². The molecule has 0 spiro atoms. The van der Waals surface area contributed by atoms with Crippen LogP contribution in [0.25, 0.3) is 0 Å². The first-order chi connectivity index (χ1) is 12.0. The van der Waals surface area contributed by atoms with E-state index < -0.39 is 0 Å². The van der Waals surface area contributed by atoms with E-state index in [1.807, 2.05) is 24.3 Å². The lowest BCUT2D eigenvalue weighted by molar-refractivity contribution is 0.271. The van der Waals surface area contributed by atoms with E-state index in [1.54, 1.807) is 0 Å². The molecule has 0 heterocycles. The van der Waals surface area contributed by atoms with Crippen LogP contribution in [0.3, 0.4) is 0 Å². The van der Waals surface area contributed by atoms with Gasteiger partial charge in [0.1, 0.15) is 11.5 Å². The number of ether oxygens (including phenoxy) is 2. The Balaban J connectivity index is 1.82. The van der Waals surface area contributed by atoms with Gasteiger partial charge in [-0.1, -0.05) is 45.9 Å². The van der Waals surface area contributed by atoms with Gasteiger partial charge >= 0.3 is 0 Å². The third-order valence-electron chi connectivity index (χ3n) is 3.80. The van der Waals surface area contributed by atoms with Crippen LogP contribution in [0.2, 0.25) is 0 Å². The zero-order valence-electron chi connectivity index (χ0n) is 15.9. The van der Waals surface area contributed by atoms with E-state index in [-0.39, 0.29) is 0 Å². The lowest BCUT2D eigenvalue weighted by atomic mass is 10.1. The molecular weight excluding hydrogens is 310 g/mol. The van der Waals surface area contributed by atoms with E-state index in [9.17, 15) is 0 Å². The van der Waals surface area contributed by atoms with E-state index in [0.717, 1.165) is 43.4 Å². The minimum absolute atomic E-state index is 0.538. The highest BCUT2D eigenvalue weighted by Crippen LogP contribution is 2.19. The minimum atomic E-state index is 0.538. The van der Waals surface area contributed by atoms with E-state index >= 15 is 0 Å². The summed E-state index contributed by atoms with van der Waals surface area (Å²) >= 11 is 0. The van der Waals surface area contributed by atoms with Gasteiger partial charge in [-0.2, -0.15) is 0 Å². The molecule has 0 saturated carbocycles. The van der Waals surface area contributed by atoms with Gasteiger partial charge < -0.3 is 14.8 Å². The number of nitrogens with one attached hydrogen (secondary N) is 1. The maximum absolute atomic E-state index is 5.81. The first-order valence-electron chi connectivity index (χ1n) is 9.21. The van der Waals surface area contributed by atoms with Crippen LogP contribution in [0.4, 0.5) is 5.69 Å². The predicted octanol–water partition coefficient (Wildman–Crippen LogP) is 5.76. The molecule has 3 heteroatoms. The summed E-state index contributed by atoms with van der Waals surface area (Å²) in [4.78, 5) is 0. The Morgan fingerprint density at radius 1 is 0.840 bits per heavy atom. The average Bonchev–Trinajstić information content (AvgIpc) is 2.59. The highest BCUT2D eigenvalue weighted by atomic mass is 16.5. The molecule has 0 radical (unpaired) electrons. The number of rotatable bonds is 10. The summed E-state index contributed by atoms with van der Waals surface area (Å²) in [5.74, 6) is 3.05. The van der Waals surface area contributed by atoms with Gasteiger partial charge in [0, 0.05) is 18.3 Å². The summed E-state index contributed by atoms with van der Waals surface area (Å²) < 4.78 is 11.5. The van der Waals surface area contributed by atoms with Gasteiger partial charge in [-0.3, -0.25) is 0 Å². The summed E-state index contributed by atoms with van der Waals surface area (Å²) in [7, 11) is 0. The molecule has 2 rings (SSSR count). The van der Waals surface area contributed by atoms with Crippen LogP contribution in [0.5, 0.6) is 11.5 Å². The Hall–Kier alpha value is -2.16. The first-order valence-corrected chi connectivity index (χ1v) is 9.21. The van der Waals surface area contributed by atoms with Crippen LogP contribution in [-0.2, 0) is 6.54 Å². The van der Waals surface area contributed by atoms with Crippen LogP contribution >= 0.6 is 0 Å². The van der Waals surface area contributed by atoms with Crippen molar-refractivity contribution in [2.24, 2.45) is 11.8 Å². The van der Waals surface area contributed by atoms with E-state index in [4.69, 9.17) is 9.47 Å². The lowest BCUT2D eigenvalue weighted by Crippen LogP contribution is -2.05. The molecule has 0 aliphatic heterocycles. The normalized spacial score (nSPS) is 11.0. The van der Waals surface area contributed by atoms with Crippen LogP contribution in [-0.4, -0.2) is 13.2 Å². The molecule has 2 aromatic carbocycles. The van der Waals surface area contributed by atoms with Crippen LogP contribution in [0.15, 0.2) is 48.5 Å². The van der Waals surface area contributed by atoms with Crippen LogP contribution in [0, 0.1) is 11.8 Å². The lowest BCUT2D eigenvalue weighted by Gasteiger charge is -2.12. The van der Waals surface area contributed by atoms with Gasteiger partial charge in [0.25, 0.3) is 0 Å². The van der Waals surface area contributed by atoms with Crippen LogP contribution in [0.1, 0.15) is 39.7 Å². The summed E-state index contributed by atoms with van der Waals surface area (Å²) in [5.41, 5.74) is 2.30. The molecule has 0 saturated heterocycles. The number of hydrogen-bond donors (Lipinski definition) is 1. The summed E-state index contributed by atoms with van der Waals surface area (Å²) in [6.45, 7) is 11.0. The fraction of sp³-hybridized carbons (Fsp3) is 0.455. The van der Waals surface area contributed by atoms with Crippen molar-refractivity contribution in [3.05, 3.63) is 54.1 Å².